The van der Waals surface area contributed by atoms with Gasteiger partial charge in [0.15, 0.2) is 5.75 Å². The summed E-state index contributed by atoms with van der Waals surface area (Å²) in [6.45, 7) is 6.20. The van der Waals surface area contributed by atoms with Crippen LogP contribution in [-0.2, 0) is 10.5 Å². The number of hydrogen-bond donors (Lipinski definition) is 0. The van der Waals surface area contributed by atoms with E-state index in [1.54, 1.807) is 0 Å². The molecule has 1 radical (unpaired) electrons. The van der Waals surface area contributed by atoms with Crippen molar-refractivity contribution < 1.29 is 5.11 Å². The molecule has 0 fully saturated rings. The molecular weight excluding hydrogens is 208 g/mol. The Morgan fingerprint density at radius 1 is 0.824 bits per heavy atom. The maximum Gasteiger partial charge on any atom is 0.190 e. The molecular formula is C16H17O. The number of para-hydroxylation sites is 1. The fraction of sp³-hybridized carbons (Fsp3) is 0.250. The van der Waals surface area contributed by atoms with Gasteiger partial charge in [-0.3, -0.25) is 5.11 Å². The first-order chi connectivity index (χ1) is 8.00. The molecule has 0 aliphatic rings. The molecule has 1 nitrogen and oxygen atoms in total. The van der Waals surface area contributed by atoms with E-state index in [1.807, 2.05) is 48.5 Å². The Morgan fingerprint density at radius 2 is 1.47 bits per heavy atom. The van der Waals surface area contributed by atoms with Gasteiger partial charge in [0.1, 0.15) is 0 Å². The molecule has 0 spiro atoms. The van der Waals surface area contributed by atoms with Crippen LogP contribution in [0.2, 0.25) is 0 Å². The van der Waals surface area contributed by atoms with E-state index in [9.17, 15) is 5.11 Å². The molecule has 2 aromatic carbocycles. The lowest BCUT2D eigenvalue weighted by Gasteiger charge is -2.20. The highest BCUT2D eigenvalue weighted by molar-refractivity contribution is 5.72. The van der Waals surface area contributed by atoms with Gasteiger partial charge in [-0.2, -0.15) is 0 Å². The molecule has 0 saturated carbocycles. The first-order valence-corrected chi connectivity index (χ1v) is 5.86. The zero-order valence-corrected chi connectivity index (χ0v) is 10.5. The van der Waals surface area contributed by atoms with Gasteiger partial charge < -0.3 is 0 Å². The van der Waals surface area contributed by atoms with Crippen molar-refractivity contribution in [3.63, 3.8) is 0 Å². The second kappa shape index (κ2) is 4.25. The Hall–Kier alpha value is -1.76. The molecule has 2 aromatic rings. The van der Waals surface area contributed by atoms with Crippen molar-refractivity contribution >= 4 is 0 Å². The molecule has 17 heavy (non-hydrogen) atoms. The van der Waals surface area contributed by atoms with Crippen LogP contribution < -0.4 is 0 Å². The van der Waals surface area contributed by atoms with Crippen LogP contribution in [0.25, 0.3) is 11.1 Å². The van der Waals surface area contributed by atoms with Crippen LogP contribution in [0.1, 0.15) is 26.3 Å². The lowest BCUT2D eigenvalue weighted by Crippen LogP contribution is -2.11. The van der Waals surface area contributed by atoms with E-state index in [2.05, 4.69) is 20.8 Å². The highest BCUT2D eigenvalue weighted by Gasteiger charge is 2.21. The maximum absolute atomic E-state index is 12.4. The minimum Gasteiger partial charge on any atom is -0.289 e. The molecule has 0 amide bonds. The van der Waals surface area contributed by atoms with Crippen LogP contribution in [0.4, 0.5) is 0 Å². The number of benzene rings is 2. The molecule has 0 unspecified atom stereocenters. The first-order valence-electron chi connectivity index (χ1n) is 5.86. The van der Waals surface area contributed by atoms with Crippen molar-refractivity contribution in [1.29, 1.82) is 0 Å². The molecule has 1 heteroatoms. The topological polar surface area (TPSA) is 19.9 Å². The Balaban J connectivity index is 2.58. The second-order valence-electron chi connectivity index (χ2n) is 5.30. The normalized spacial score (nSPS) is 11.5. The van der Waals surface area contributed by atoms with Crippen LogP contribution in [0, 0.1) is 0 Å². The summed E-state index contributed by atoms with van der Waals surface area (Å²) in [5.74, 6) is 0.145. The summed E-state index contributed by atoms with van der Waals surface area (Å²) in [7, 11) is 0. The summed E-state index contributed by atoms with van der Waals surface area (Å²) in [6, 6.07) is 15.6. The average molecular weight is 225 g/mol. The summed E-state index contributed by atoms with van der Waals surface area (Å²) >= 11 is 0. The summed E-state index contributed by atoms with van der Waals surface area (Å²) < 4.78 is 0. The van der Waals surface area contributed by atoms with Crippen molar-refractivity contribution in [2.24, 2.45) is 0 Å². The quantitative estimate of drug-likeness (QED) is 0.664. The third-order valence-corrected chi connectivity index (χ3v) is 2.91. The van der Waals surface area contributed by atoms with E-state index in [0.29, 0.717) is 0 Å². The lowest BCUT2D eigenvalue weighted by atomic mass is 9.84. The zero-order chi connectivity index (χ0) is 12.5. The summed E-state index contributed by atoms with van der Waals surface area (Å²) in [5.41, 5.74) is 2.54. The molecule has 0 aliphatic heterocycles. The van der Waals surface area contributed by atoms with Gasteiger partial charge >= 0.3 is 0 Å². The Morgan fingerprint density at radius 3 is 2.06 bits per heavy atom. The molecule has 0 heterocycles. The van der Waals surface area contributed by atoms with Gasteiger partial charge in [-0.15, -0.1) is 0 Å². The molecule has 2 rings (SSSR count). The monoisotopic (exact) mass is 225 g/mol. The Kier molecular flexibility index (Phi) is 2.93. The third kappa shape index (κ3) is 2.33. The maximum atomic E-state index is 12.4. The van der Waals surface area contributed by atoms with E-state index in [1.165, 1.54) is 0 Å². The minimum atomic E-state index is -0.109. The SMILES string of the molecule is CC(C)(C)c1cccc(-c2ccccc2)c1[O]. The smallest absolute Gasteiger partial charge is 0.190 e. The minimum absolute atomic E-state index is 0.109. The highest BCUT2D eigenvalue weighted by Crippen LogP contribution is 2.38. The molecule has 0 atom stereocenters. The number of hydrogen-bond acceptors (Lipinski definition) is 0. The first kappa shape index (κ1) is 11.7. The van der Waals surface area contributed by atoms with Crippen LogP contribution in [-0.4, -0.2) is 0 Å². The largest absolute Gasteiger partial charge is 0.289 e. The molecule has 0 bridgehead atoms. The van der Waals surface area contributed by atoms with Crippen molar-refractivity contribution in [1.82, 2.24) is 0 Å². The molecule has 0 saturated heterocycles. The van der Waals surface area contributed by atoms with Crippen LogP contribution in [0.15, 0.2) is 48.5 Å². The summed E-state index contributed by atoms with van der Waals surface area (Å²) in [4.78, 5) is 0. The highest BCUT2D eigenvalue weighted by atomic mass is 16.3. The fourth-order valence-electron chi connectivity index (χ4n) is 1.97. The van der Waals surface area contributed by atoms with Gasteiger partial charge in [0.2, 0.25) is 0 Å². The summed E-state index contributed by atoms with van der Waals surface area (Å²) in [5, 5.41) is 12.4. The third-order valence-electron chi connectivity index (χ3n) is 2.91. The summed E-state index contributed by atoms with van der Waals surface area (Å²) in [6.07, 6.45) is 0. The second-order valence-corrected chi connectivity index (χ2v) is 5.30. The number of rotatable bonds is 1. The Labute approximate surface area is 103 Å². The van der Waals surface area contributed by atoms with Gasteiger partial charge in [0.05, 0.1) is 0 Å². The predicted molar refractivity (Wildman–Crippen MR) is 70.7 cm³/mol. The van der Waals surface area contributed by atoms with E-state index in [-0.39, 0.29) is 11.2 Å². The van der Waals surface area contributed by atoms with Crippen LogP contribution in [0.3, 0.4) is 0 Å². The molecule has 0 aromatic heterocycles. The van der Waals surface area contributed by atoms with Gasteiger partial charge in [0.25, 0.3) is 0 Å². The predicted octanol–water partition coefficient (Wildman–Crippen LogP) is 4.79. The Bertz CT molecular complexity index is 507. The fourth-order valence-corrected chi connectivity index (χ4v) is 1.97. The van der Waals surface area contributed by atoms with Crippen molar-refractivity contribution in [3.8, 4) is 16.9 Å². The molecule has 0 aliphatic carbocycles. The van der Waals surface area contributed by atoms with E-state index < -0.39 is 0 Å². The van der Waals surface area contributed by atoms with E-state index >= 15 is 0 Å². The van der Waals surface area contributed by atoms with Gasteiger partial charge in [-0.1, -0.05) is 69.3 Å². The zero-order valence-electron chi connectivity index (χ0n) is 10.5. The van der Waals surface area contributed by atoms with Gasteiger partial charge in [-0.25, -0.2) is 0 Å². The standard InChI is InChI=1S/C16H17O/c1-16(2,3)14-11-7-10-13(15(14)17)12-8-5-4-6-9-12/h4-11H,1-3H3. The van der Waals surface area contributed by atoms with Crippen LogP contribution >= 0.6 is 0 Å². The average Bonchev–Trinajstić information content (AvgIpc) is 2.29. The van der Waals surface area contributed by atoms with E-state index in [0.717, 1.165) is 16.7 Å². The molecule has 0 N–H and O–H groups in total. The van der Waals surface area contributed by atoms with E-state index in [4.69, 9.17) is 0 Å². The van der Waals surface area contributed by atoms with Crippen molar-refractivity contribution in [3.05, 3.63) is 54.1 Å². The van der Waals surface area contributed by atoms with Crippen molar-refractivity contribution in [2.45, 2.75) is 26.2 Å². The lowest BCUT2D eigenvalue weighted by molar-refractivity contribution is 0.342. The van der Waals surface area contributed by atoms with Crippen LogP contribution in [0.5, 0.6) is 5.75 Å². The molecule has 87 valence electrons. The van der Waals surface area contributed by atoms with Gasteiger partial charge in [-0.05, 0) is 11.0 Å². The van der Waals surface area contributed by atoms with Gasteiger partial charge in [0, 0.05) is 11.1 Å². The van der Waals surface area contributed by atoms with Crippen molar-refractivity contribution in [2.75, 3.05) is 0 Å².